The standard InChI is InChI=1S/C21H21FN2O4/c1-12(21(27)28)14-4-3-5-16(10-14)23-20(26)17-11-18(25)24(2)19(17)13-6-8-15(22)9-7-13/h3-10,12,17,19H,11H2,1-2H3,(H,23,26)(H,27,28). The lowest BCUT2D eigenvalue weighted by Crippen LogP contribution is -2.30. The Hall–Kier alpha value is -3.22. The molecule has 0 radical (unpaired) electrons. The van der Waals surface area contributed by atoms with Gasteiger partial charge < -0.3 is 15.3 Å². The van der Waals surface area contributed by atoms with E-state index < -0.39 is 23.8 Å². The Labute approximate surface area is 162 Å². The van der Waals surface area contributed by atoms with Crippen molar-refractivity contribution in [1.82, 2.24) is 4.90 Å². The number of carbonyl (C=O) groups excluding carboxylic acids is 2. The van der Waals surface area contributed by atoms with E-state index in [1.165, 1.54) is 17.0 Å². The Balaban J connectivity index is 1.83. The lowest BCUT2D eigenvalue weighted by molar-refractivity contribution is -0.138. The van der Waals surface area contributed by atoms with E-state index in [-0.39, 0.29) is 24.1 Å². The maximum Gasteiger partial charge on any atom is 0.310 e. The molecule has 0 bridgehead atoms. The molecule has 146 valence electrons. The number of aliphatic carboxylic acids is 1. The van der Waals surface area contributed by atoms with E-state index in [4.69, 9.17) is 5.11 Å². The fourth-order valence-electron chi connectivity index (χ4n) is 3.48. The first-order valence-electron chi connectivity index (χ1n) is 8.92. The molecule has 0 aromatic heterocycles. The lowest BCUT2D eigenvalue weighted by Gasteiger charge is -2.25. The van der Waals surface area contributed by atoms with E-state index >= 15 is 0 Å². The minimum absolute atomic E-state index is 0.0512. The van der Waals surface area contributed by atoms with Gasteiger partial charge in [0.2, 0.25) is 11.8 Å². The molecule has 3 rings (SSSR count). The summed E-state index contributed by atoms with van der Waals surface area (Å²) in [6, 6.07) is 11.9. The van der Waals surface area contributed by atoms with Gasteiger partial charge in [0, 0.05) is 19.2 Å². The SMILES string of the molecule is CC(C(=O)O)c1cccc(NC(=O)C2CC(=O)N(C)C2c2ccc(F)cc2)c1. The van der Waals surface area contributed by atoms with Crippen molar-refractivity contribution in [1.29, 1.82) is 0 Å². The summed E-state index contributed by atoms with van der Waals surface area (Å²) in [6.45, 7) is 1.57. The average molecular weight is 384 g/mol. The Morgan fingerprint density at radius 1 is 1.21 bits per heavy atom. The van der Waals surface area contributed by atoms with Crippen LogP contribution in [0.2, 0.25) is 0 Å². The zero-order chi connectivity index (χ0) is 20.4. The highest BCUT2D eigenvalue weighted by Gasteiger charge is 2.42. The van der Waals surface area contributed by atoms with Crippen LogP contribution in [0.5, 0.6) is 0 Å². The molecular weight excluding hydrogens is 363 g/mol. The van der Waals surface area contributed by atoms with Crippen molar-refractivity contribution in [3.05, 3.63) is 65.5 Å². The van der Waals surface area contributed by atoms with Gasteiger partial charge in [0.25, 0.3) is 0 Å². The number of likely N-dealkylation sites (tertiary alicyclic amines) is 1. The van der Waals surface area contributed by atoms with Crippen LogP contribution in [0.25, 0.3) is 0 Å². The molecule has 0 aliphatic carbocycles. The van der Waals surface area contributed by atoms with E-state index in [1.807, 2.05) is 0 Å². The molecule has 28 heavy (non-hydrogen) atoms. The normalized spacial score (nSPS) is 20.1. The number of nitrogens with zero attached hydrogens (tertiary/aromatic N) is 1. The number of amides is 2. The highest BCUT2D eigenvalue weighted by atomic mass is 19.1. The molecular formula is C21H21FN2O4. The Morgan fingerprint density at radius 2 is 1.89 bits per heavy atom. The van der Waals surface area contributed by atoms with Crippen LogP contribution < -0.4 is 5.32 Å². The van der Waals surface area contributed by atoms with Crippen LogP contribution in [0.15, 0.2) is 48.5 Å². The molecule has 0 saturated carbocycles. The molecule has 1 aliphatic rings. The van der Waals surface area contributed by atoms with E-state index in [0.717, 1.165) is 0 Å². The fourth-order valence-corrected chi connectivity index (χ4v) is 3.48. The summed E-state index contributed by atoms with van der Waals surface area (Å²) in [4.78, 5) is 37.8. The molecule has 3 unspecified atom stereocenters. The maximum absolute atomic E-state index is 13.2. The third-order valence-electron chi connectivity index (χ3n) is 5.16. The van der Waals surface area contributed by atoms with Gasteiger partial charge in [-0.3, -0.25) is 14.4 Å². The van der Waals surface area contributed by atoms with Crippen LogP contribution >= 0.6 is 0 Å². The zero-order valence-electron chi connectivity index (χ0n) is 15.6. The van der Waals surface area contributed by atoms with Gasteiger partial charge in [0.1, 0.15) is 5.82 Å². The zero-order valence-corrected chi connectivity index (χ0v) is 15.6. The molecule has 7 heteroatoms. The van der Waals surface area contributed by atoms with Gasteiger partial charge in [0.15, 0.2) is 0 Å². The topological polar surface area (TPSA) is 86.7 Å². The summed E-state index contributed by atoms with van der Waals surface area (Å²) in [6.07, 6.45) is 0.0512. The molecule has 1 aliphatic heterocycles. The molecule has 2 aromatic rings. The summed E-state index contributed by atoms with van der Waals surface area (Å²) >= 11 is 0. The van der Waals surface area contributed by atoms with Crippen molar-refractivity contribution in [2.75, 3.05) is 12.4 Å². The van der Waals surface area contributed by atoms with Gasteiger partial charge in [-0.05, 0) is 42.3 Å². The minimum atomic E-state index is -0.956. The molecule has 1 saturated heterocycles. The van der Waals surface area contributed by atoms with E-state index in [1.54, 1.807) is 50.4 Å². The van der Waals surface area contributed by atoms with Gasteiger partial charge in [-0.2, -0.15) is 0 Å². The lowest BCUT2D eigenvalue weighted by atomic mass is 9.92. The van der Waals surface area contributed by atoms with Crippen molar-refractivity contribution in [3.8, 4) is 0 Å². The largest absolute Gasteiger partial charge is 0.481 e. The van der Waals surface area contributed by atoms with Gasteiger partial charge in [-0.15, -0.1) is 0 Å². The Bertz CT molecular complexity index is 913. The number of rotatable bonds is 5. The first kappa shape index (κ1) is 19.5. The fraction of sp³-hybridized carbons (Fsp3) is 0.286. The number of benzene rings is 2. The van der Waals surface area contributed by atoms with Crippen molar-refractivity contribution in [2.24, 2.45) is 5.92 Å². The second-order valence-corrected chi connectivity index (χ2v) is 6.99. The summed E-state index contributed by atoms with van der Waals surface area (Å²) in [5, 5.41) is 11.9. The summed E-state index contributed by atoms with van der Waals surface area (Å²) in [5.41, 5.74) is 1.72. The average Bonchev–Trinajstić information content (AvgIpc) is 2.97. The van der Waals surface area contributed by atoms with E-state index in [2.05, 4.69) is 5.32 Å². The van der Waals surface area contributed by atoms with Gasteiger partial charge in [-0.1, -0.05) is 24.3 Å². The number of anilines is 1. The molecule has 1 fully saturated rings. The van der Waals surface area contributed by atoms with Gasteiger partial charge in [-0.25, -0.2) is 4.39 Å². The number of hydrogen-bond acceptors (Lipinski definition) is 3. The predicted octanol–water partition coefficient (Wildman–Crippen LogP) is 3.17. The second kappa shape index (κ2) is 7.80. The molecule has 0 spiro atoms. The van der Waals surface area contributed by atoms with Crippen LogP contribution in [-0.2, 0) is 14.4 Å². The van der Waals surface area contributed by atoms with Gasteiger partial charge in [0.05, 0.1) is 17.9 Å². The van der Waals surface area contributed by atoms with Crippen molar-refractivity contribution < 1.29 is 23.9 Å². The van der Waals surface area contributed by atoms with Crippen LogP contribution in [0.3, 0.4) is 0 Å². The molecule has 2 amide bonds. The molecule has 2 aromatic carbocycles. The van der Waals surface area contributed by atoms with E-state index in [0.29, 0.717) is 16.8 Å². The quantitative estimate of drug-likeness (QED) is 0.829. The van der Waals surface area contributed by atoms with Crippen molar-refractivity contribution >= 4 is 23.5 Å². The van der Waals surface area contributed by atoms with E-state index in [9.17, 15) is 18.8 Å². The summed E-state index contributed by atoms with van der Waals surface area (Å²) in [5.74, 6) is -3.19. The summed E-state index contributed by atoms with van der Waals surface area (Å²) in [7, 11) is 1.62. The second-order valence-electron chi connectivity index (χ2n) is 6.99. The Kier molecular flexibility index (Phi) is 5.44. The number of halogens is 1. The van der Waals surface area contributed by atoms with Crippen molar-refractivity contribution in [2.45, 2.75) is 25.3 Å². The molecule has 6 nitrogen and oxygen atoms in total. The Morgan fingerprint density at radius 3 is 2.54 bits per heavy atom. The van der Waals surface area contributed by atoms with Crippen LogP contribution in [-0.4, -0.2) is 34.8 Å². The first-order valence-corrected chi connectivity index (χ1v) is 8.92. The number of carbonyl (C=O) groups is 3. The predicted molar refractivity (Wildman–Crippen MR) is 101 cm³/mol. The highest BCUT2D eigenvalue weighted by molar-refractivity contribution is 5.98. The minimum Gasteiger partial charge on any atom is -0.481 e. The van der Waals surface area contributed by atoms with Crippen molar-refractivity contribution in [3.63, 3.8) is 0 Å². The number of hydrogen-bond donors (Lipinski definition) is 2. The number of carboxylic acid groups (broad SMARTS) is 1. The number of carboxylic acids is 1. The monoisotopic (exact) mass is 384 g/mol. The van der Waals surface area contributed by atoms with Crippen LogP contribution in [0.1, 0.15) is 36.4 Å². The first-order chi connectivity index (χ1) is 13.3. The van der Waals surface area contributed by atoms with Crippen LogP contribution in [0.4, 0.5) is 10.1 Å². The third kappa shape index (κ3) is 3.88. The molecule has 1 heterocycles. The highest BCUT2D eigenvalue weighted by Crippen LogP contribution is 2.37. The summed E-state index contributed by atoms with van der Waals surface area (Å²) < 4.78 is 13.2. The smallest absolute Gasteiger partial charge is 0.310 e. The molecule has 3 atom stereocenters. The number of nitrogens with one attached hydrogen (secondary N) is 1. The van der Waals surface area contributed by atoms with Gasteiger partial charge >= 0.3 is 5.97 Å². The third-order valence-corrected chi connectivity index (χ3v) is 5.16. The van der Waals surface area contributed by atoms with Crippen LogP contribution in [0, 0.1) is 11.7 Å². The molecule has 2 N–H and O–H groups in total. The maximum atomic E-state index is 13.2.